The van der Waals surface area contributed by atoms with Crippen LogP contribution in [0.3, 0.4) is 0 Å². The number of carbonyl (C=O) groups excluding carboxylic acids is 1. The monoisotopic (exact) mass is 466 g/mol. The van der Waals surface area contributed by atoms with Gasteiger partial charge in [0.15, 0.2) is 11.5 Å². The predicted octanol–water partition coefficient (Wildman–Crippen LogP) is 6.24. The second-order valence-electron chi connectivity index (χ2n) is 7.90. The third kappa shape index (κ3) is 4.74. The molecule has 0 radical (unpaired) electrons. The minimum absolute atomic E-state index is 0.282. The van der Waals surface area contributed by atoms with E-state index in [9.17, 15) is 10.1 Å². The lowest BCUT2D eigenvalue weighted by Crippen LogP contribution is -2.12. The summed E-state index contributed by atoms with van der Waals surface area (Å²) in [7, 11) is 1.54. The molecule has 4 rings (SSSR count). The number of amides is 1. The summed E-state index contributed by atoms with van der Waals surface area (Å²) in [4.78, 5) is 14.1. The van der Waals surface area contributed by atoms with Gasteiger partial charge < -0.3 is 14.8 Å². The maximum absolute atomic E-state index is 12.9. The fourth-order valence-corrected chi connectivity index (χ4v) is 5.28. The molecule has 1 aliphatic rings. The van der Waals surface area contributed by atoms with Crippen LogP contribution in [0.1, 0.15) is 45.3 Å². The lowest BCUT2D eigenvalue weighted by Gasteiger charge is -2.17. The lowest BCUT2D eigenvalue weighted by atomic mass is 9.88. The highest BCUT2D eigenvalue weighted by Crippen LogP contribution is 2.39. The number of fused-ring (bicyclic) bond motifs is 1. The van der Waals surface area contributed by atoms with Gasteiger partial charge in [-0.3, -0.25) is 4.79 Å². The van der Waals surface area contributed by atoms with Crippen LogP contribution in [0.15, 0.2) is 42.5 Å². The Morgan fingerprint density at radius 2 is 2.03 bits per heavy atom. The first-order valence-corrected chi connectivity index (χ1v) is 11.6. The van der Waals surface area contributed by atoms with Gasteiger partial charge in [0.1, 0.15) is 17.7 Å². The molecule has 2 aromatic carbocycles. The zero-order chi connectivity index (χ0) is 22.7. The molecule has 1 amide bonds. The number of anilines is 1. The highest BCUT2D eigenvalue weighted by atomic mass is 35.5. The summed E-state index contributed by atoms with van der Waals surface area (Å²) in [6, 6.07) is 14.7. The number of hydrogen-bond donors (Lipinski definition) is 1. The maximum atomic E-state index is 12.9. The van der Waals surface area contributed by atoms with Crippen LogP contribution >= 0.6 is 22.9 Å². The smallest absolute Gasteiger partial charge is 0.256 e. The van der Waals surface area contributed by atoms with Crippen molar-refractivity contribution in [2.45, 2.75) is 32.8 Å². The van der Waals surface area contributed by atoms with Gasteiger partial charge in [-0.2, -0.15) is 5.26 Å². The van der Waals surface area contributed by atoms with E-state index in [0.717, 1.165) is 30.4 Å². The molecule has 164 valence electrons. The minimum Gasteiger partial charge on any atom is -0.493 e. The first-order valence-electron chi connectivity index (χ1n) is 10.4. The van der Waals surface area contributed by atoms with Gasteiger partial charge in [0.2, 0.25) is 0 Å². The van der Waals surface area contributed by atoms with Crippen LogP contribution in [0.5, 0.6) is 11.5 Å². The standard InChI is InChI=1S/C25H23ClN2O3S/c1-15-3-9-19-20(13-27)25(32-23(19)11-15)28-24(29)17-6-10-21(22(12-17)30-2)31-14-16-4-7-18(26)8-5-16/h4-8,10,12,15H,3,9,11,14H2,1-2H3,(H,28,29). The molecular weight excluding hydrogens is 444 g/mol. The van der Waals surface area contributed by atoms with Crippen molar-refractivity contribution < 1.29 is 14.3 Å². The van der Waals surface area contributed by atoms with Crippen molar-refractivity contribution in [3.8, 4) is 17.6 Å². The largest absolute Gasteiger partial charge is 0.493 e. The summed E-state index contributed by atoms with van der Waals surface area (Å²) in [6.07, 6.45) is 2.91. The number of nitriles is 1. The fraction of sp³-hybridized carbons (Fsp3) is 0.280. The number of benzene rings is 2. The summed E-state index contributed by atoms with van der Waals surface area (Å²) < 4.78 is 11.3. The van der Waals surface area contributed by atoms with Crippen molar-refractivity contribution in [3.05, 3.63) is 74.6 Å². The molecule has 5 nitrogen and oxygen atoms in total. The molecule has 1 unspecified atom stereocenters. The van der Waals surface area contributed by atoms with Crippen molar-refractivity contribution in [1.29, 1.82) is 5.26 Å². The van der Waals surface area contributed by atoms with Crippen LogP contribution in [0.4, 0.5) is 5.00 Å². The fourth-order valence-electron chi connectivity index (χ4n) is 3.80. The highest BCUT2D eigenvalue weighted by Gasteiger charge is 2.25. The molecule has 1 heterocycles. The number of methoxy groups -OCH3 is 1. The molecule has 1 aromatic heterocycles. The molecule has 0 saturated carbocycles. The summed E-state index contributed by atoms with van der Waals surface area (Å²) in [6.45, 7) is 2.57. The molecule has 0 fully saturated rings. The predicted molar refractivity (Wildman–Crippen MR) is 127 cm³/mol. The van der Waals surface area contributed by atoms with Crippen LogP contribution in [-0.4, -0.2) is 13.0 Å². The third-order valence-corrected chi connectivity index (χ3v) is 7.01. The molecule has 0 saturated heterocycles. The second kappa shape index (κ2) is 9.64. The van der Waals surface area contributed by atoms with E-state index in [1.54, 1.807) is 18.2 Å². The summed E-state index contributed by atoms with van der Waals surface area (Å²) >= 11 is 7.43. The summed E-state index contributed by atoms with van der Waals surface area (Å²) in [5, 5.41) is 13.9. The number of carbonyl (C=O) groups is 1. The highest BCUT2D eigenvalue weighted by molar-refractivity contribution is 7.16. The minimum atomic E-state index is -0.282. The molecule has 3 aromatic rings. The number of halogens is 1. The van der Waals surface area contributed by atoms with Crippen LogP contribution in [0.2, 0.25) is 5.02 Å². The Hall–Kier alpha value is -3.01. The van der Waals surface area contributed by atoms with Crippen molar-refractivity contribution >= 4 is 33.8 Å². The van der Waals surface area contributed by atoms with E-state index in [1.165, 1.54) is 23.3 Å². The van der Waals surface area contributed by atoms with E-state index < -0.39 is 0 Å². The van der Waals surface area contributed by atoms with Crippen LogP contribution in [0, 0.1) is 17.2 Å². The van der Waals surface area contributed by atoms with Gasteiger partial charge in [-0.1, -0.05) is 30.7 Å². The van der Waals surface area contributed by atoms with E-state index >= 15 is 0 Å². The van der Waals surface area contributed by atoms with E-state index in [4.69, 9.17) is 21.1 Å². The first kappa shape index (κ1) is 22.2. The lowest BCUT2D eigenvalue weighted by molar-refractivity contribution is 0.102. The van der Waals surface area contributed by atoms with Gasteiger partial charge in [0.05, 0.1) is 12.7 Å². The van der Waals surface area contributed by atoms with Crippen molar-refractivity contribution in [1.82, 2.24) is 0 Å². The Morgan fingerprint density at radius 3 is 2.75 bits per heavy atom. The third-order valence-electron chi connectivity index (χ3n) is 5.58. The van der Waals surface area contributed by atoms with Gasteiger partial charge in [-0.15, -0.1) is 11.3 Å². The molecular formula is C25H23ClN2O3S. The zero-order valence-corrected chi connectivity index (χ0v) is 19.5. The Bertz CT molecular complexity index is 1180. The normalized spacial score (nSPS) is 14.9. The van der Waals surface area contributed by atoms with Gasteiger partial charge in [0, 0.05) is 15.5 Å². The topological polar surface area (TPSA) is 71.3 Å². The molecule has 0 bridgehead atoms. The molecule has 7 heteroatoms. The molecule has 1 N–H and O–H groups in total. The van der Waals surface area contributed by atoms with Gasteiger partial charge in [-0.05, 0) is 66.6 Å². The maximum Gasteiger partial charge on any atom is 0.256 e. The number of nitrogens with zero attached hydrogens (tertiary/aromatic N) is 1. The van der Waals surface area contributed by atoms with Gasteiger partial charge in [0.25, 0.3) is 5.91 Å². The molecule has 0 spiro atoms. The number of hydrogen-bond acceptors (Lipinski definition) is 5. The van der Waals surface area contributed by atoms with Crippen molar-refractivity contribution in [3.63, 3.8) is 0 Å². The van der Waals surface area contributed by atoms with Gasteiger partial charge >= 0.3 is 0 Å². The number of ether oxygens (including phenoxy) is 2. The molecule has 0 aliphatic heterocycles. The summed E-state index contributed by atoms with van der Waals surface area (Å²) in [5.41, 5.74) is 3.09. The second-order valence-corrected chi connectivity index (χ2v) is 9.44. The number of nitrogens with one attached hydrogen (secondary N) is 1. The quantitative estimate of drug-likeness (QED) is 0.466. The average Bonchev–Trinajstić information content (AvgIpc) is 3.14. The molecule has 1 atom stereocenters. The SMILES string of the molecule is COc1cc(C(=O)Nc2sc3c(c2C#N)CCC(C)C3)ccc1OCc1ccc(Cl)cc1. The number of thiophene rings is 1. The Kier molecular flexibility index (Phi) is 6.69. The van der Waals surface area contributed by atoms with Crippen molar-refractivity contribution in [2.24, 2.45) is 5.92 Å². The van der Waals surface area contributed by atoms with Crippen LogP contribution < -0.4 is 14.8 Å². The van der Waals surface area contributed by atoms with Crippen molar-refractivity contribution in [2.75, 3.05) is 12.4 Å². The van der Waals surface area contributed by atoms with E-state index in [0.29, 0.717) is 45.2 Å². The average molecular weight is 467 g/mol. The Balaban J connectivity index is 1.50. The Morgan fingerprint density at radius 1 is 1.25 bits per heavy atom. The first-order chi connectivity index (χ1) is 15.5. The van der Waals surface area contributed by atoms with E-state index in [-0.39, 0.29) is 5.91 Å². The molecule has 1 aliphatic carbocycles. The van der Waals surface area contributed by atoms with E-state index in [1.807, 2.05) is 24.3 Å². The number of rotatable bonds is 6. The van der Waals surface area contributed by atoms with E-state index in [2.05, 4.69) is 18.3 Å². The van der Waals surface area contributed by atoms with Crippen LogP contribution in [0.25, 0.3) is 0 Å². The zero-order valence-electron chi connectivity index (χ0n) is 17.9. The molecule has 32 heavy (non-hydrogen) atoms. The van der Waals surface area contributed by atoms with Gasteiger partial charge in [-0.25, -0.2) is 0 Å². The van der Waals surface area contributed by atoms with Crippen LogP contribution in [-0.2, 0) is 19.4 Å². The Labute approximate surface area is 196 Å². The summed E-state index contributed by atoms with van der Waals surface area (Å²) in [5.74, 6) is 1.32.